The number of hydrogen-bond acceptors (Lipinski definition) is 2. The summed E-state index contributed by atoms with van der Waals surface area (Å²) in [5.74, 6) is 0.610. The Labute approximate surface area is 121 Å². The maximum atomic E-state index is 11.0. The number of benzene rings is 2. The molecule has 0 amide bonds. The van der Waals surface area contributed by atoms with Crippen molar-refractivity contribution in [2.45, 2.75) is 20.5 Å². The van der Waals surface area contributed by atoms with E-state index in [1.54, 1.807) is 12.1 Å². The van der Waals surface area contributed by atoms with Crippen molar-refractivity contribution in [1.82, 2.24) is 0 Å². The van der Waals surface area contributed by atoms with Crippen LogP contribution in [0, 0.1) is 13.8 Å². The van der Waals surface area contributed by atoms with Gasteiger partial charge in [0.15, 0.2) is 6.29 Å². The van der Waals surface area contributed by atoms with Gasteiger partial charge in [0.2, 0.25) is 0 Å². The highest BCUT2D eigenvalue weighted by molar-refractivity contribution is 9.10. The van der Waals surface area contributed by atoms with Crippen molar-refractivity contribution in [3.8, 4) is 5.75 Å². The molecule has 0 aliphatic heterocycles. The first-order chi connectivity index (χ1) is 9.10. The van der Waals surface area contributed by atoms with Gasteiger partial charge in [0.1, 0.15) is 12.4 Å². The lowest BCUT2D eigenvalue weighted by molar-refractivity contribution is 0.111. The zero-order chi connectivity index (χ0) is 13.8. The average molecular weight is 319 g/mol. The van der Waals surface area contributed by atoms with E-state index in [9.17, 15) is 4.79 Å². The lowest BCUT2D eigenvalue weighted by atomic mass is 10.1. The molecule has 0 saturated heterocycles. The van der Waals surface area contributed by atoms with Crippen molar-refractivity contribution in [2.24, 2.45) is 0 Å². The number of carbonyl (C=O) groups is 1. The molecular weight excluding hydrogens is 304 g/mol. The number of halogens is 1. The molecule has 0 aliphatic rings. The van der Waals surface area contributed by atoms with Gasteiger partial charge in [-0.25, -0.2) is 0 Å². The van der Waals surface area contributed by atoms with E-state index >= 15 is 0 Å². The van der Waals surface area contributed by atoms with Crippen LogP contribution in [0.3, 0.4) is 0 Å². The molecule has 0 saturated carbocycles. The van der Waals surface area contributed by atoms with Crippen molar-refractivity contribution in [1.29, 1.82) is 0 Å². The van der Waals surface area contributed by atoms with Gasteiger partial charge in [0, 0.05) is 4.47 Å². The Bertz CT molecular complexity index is 606. The largest absolute Gasteiger partial charge is 0.488 e. The number of carbonyl (C=O) groups excluding carboxylic acids is 1. The highest BCUT2D eigenvalue weighted by atomic mass is 79.9. The van der Waals surface area contributed by atoms with Crippen LogP contribution in [0.25, 0.3) is 0 Å². The number of aryl methyl sites for hydroxylation is 2. The van der Waals surface area contributed by atoms with E-state index in [1.807, 2.05) is 6.07 Å². The van der Waals surface area contributed by atoms with Crippen LogP contribution in [-0.4, -0.2) is 6.29 Å². The number of ether oxygens (including phenoxy) is 1. The van der Waals surface area contributed by atoms with E-state index < -0.39 is 0 Å². The molecule has 0 N–H and O–H groups in total. The van der Waals surface area contributed by atoms with Crippen LogP contribution in [0.5, 0.6) is 5.75 Å². The molecule has 0 radical (unpaired) electrons. The summed E-state index contributed by atoms with van der Waals surface area (Å²) in [7, 11) is 0. The first-order valence-electron chi connectivity index (χ1n) is 6.04. The number of rotatable bonds is 4. The molecule has 0 bridgehead atoms. The van der Waals surface area contributed by atoms with E-state index in [1.165, 1.54) is 11.1 Å². The fourth-order valence-electron chi connectivity index (χ4n) is 1.85. The predicted octanol–water partition coefficient (Wildman–Crippen LogP) is 4.46. The summed E-state index contributed by atoms with van der Waals surface area (Å²) in [6.07, 6.45) is 0.809. The van der Waals surface area contributed by atoms with Gasteiger partial charge >= 0.3 is 0 Å². The van der Waals surface area contributed by atoms with Crippen LogP contribution < -0.4 is 4.74 Å². The van der Waals surface area contributed by atoms with Crippen LogP contribution in [0.15, 0.2) is 40.9 Å². The summed E-state index contributed by atoms with van der Waals surface area (Å²) in [6.45, 7) is 4.58. The van der Waals surface area contributed by atoms with Crippen LogP contribution in [0.4, 0.5) is 0 Å². The standard InChI is InChI=1S/C16H15BrO2/c1-11-3-4-12(2)14(7-11)10-19-16-6-5-15(17)8-13(16)9-18/h3-9H,10H2,1-2H3. The van der Waals surface area contributed by atoms with Crippen molar-refractivity contribution in [3.63, 3.8) is 0 Å². The predicted molar refractivity (Wildman–Crippen MR) is 79.8 cm³/mol. The van der Waals surface area contributed by atoms with Crippen LogP contribution >= 0.6 is 15.9 Å². The second kappa shape index (κ2) is 6.02. The Kier molecular flexibility index (Phi) is 4.38. The molecule has 2 rings (SSSR count). The van der Waals surface area contributed by atoms with Crippen molar-refractivity contribution >= 4 is 22.2 Å². The Morgan fingerprint density at radius 2 is 1.95 bits per heavy atom. The summed E-state index contributed by atoms with van der Waals surface area (Å²) in [5, 5.41) is 0. The minimum Gasteiger partial charge on any atom is -0.488 e. The third kappa shape index (κ3) is 3.44. The monoisotopic (exact) mass is 318 g/mol. The molecule has 0 aliphatic carbocycles. The summed E-state index contributed by atoms with van der Waals surface area (Å²) in [6, 6.07) is 11.7. The van der Waals surface area contributed by atoms with Gasteiger partial charge in [-0.3, -0.25) is 4.79 Å². The normalized spacial score (nSPS) is 10.3. The highest BCUT2D eigenvalue weighted by Gasteiger charge is 2.05. The summed E-state index contributed by atoms with van der Waals surface area (Å²) in [4.78, 5) is 11.0. The molecule has 98 valence electrons. The van der Waals surface area contributed by atoms with Crippen molar-refractivity contribution < 1.29 is 9.53 Å². The molecule has 0 heterocycles. The molecule has 2 nitrogen and oxygen atoms in total. The Morgan fingerprint density at radius 1 is 1.16 bits per heavy atom. The second-order valence-electron chi connectivity index (χ2n) is 4.52. The van der Waals surface area contributed by atoms with Gasteiger partial charge in [0.25, 0.3) is 0 Å². The van der Waals surface area contributed by atoms with E-state index in [-0.39, 0.29) is 0 Å². The van der Waals surface area contributed by atoms with Crippen LogP contribution in [0.1, 0.15) is 27.0 Å². The molecule has 19 heavy (non-hydrogen) atoms. The molecule has 0 fully saturated rings. The molecule has 0 spiro atoms. The molecule has 3 heteroatoms. The number of aldehydes is 1. The Morgan fingerprint density at radius 3 is 2.68 bits per heavy atom. The molecular formula is C16H15BrO2. The van der Waals surface area contributed by atoms with Crippen molar-refractivity contribution in [3.05, 3.63) is 63.1 Å². The zero-order valence-corrected chi connectivity index (χ0v) is 12.5. The van der Waals surface area contributed by atoms with Crippen LogP contribution in [0.2, 0.25) is 0 Å². The maximum Gasteiger partial charge on any atom is 0.153 e. The van der Waals surface area contributed by atoms with Gasteiger partial charge in [-0.1, -0.05) is 39.7 Å². The minimum absolute atomic E-state index is 0.468. The van der Waals surface area contributed by atoms with Gasteiger partial charge in [-0.2, -0.15) is 0 Å². The van der Waals surface area contributed by atoms with Gasteiger partial charge in [-0.05, 0) is 43.2 Å². The van der Waals surface area contributed by atoms with E-state index in [2.05, 4.69) is 48.0 Å². The van der Waals surface area contributed by atoms with Gasteiger partial charge in [0.05, 0.1) is 5.56 Å². The first kappa shape index (κ1) is 13.8. The maximum absolute atomic E-state index is 11.0. The second-order valence-corrected chi connectivity index (χ2v) is 5.43. The Balaban J connectivity index is 2.18. The first-order valence-corrected chi connectivity index (χ1v) is 6.83. The smallest absolute Gasteiger partial charge is 0.153 e. The lowest BCUT2D eigenvalue weighted by Crippen LogP contribution is -2.00. The third-order valence-electron chi connectivity index (χ3n) is 2.99. The van der Waals surface area contributed by atoms with Crippen LogP contribution in [-0.2, 0) is 6.61 Å². The quantitative estimate of drug-likeness (QED) is 0.778. The Hall–Kier alpha value is -1.61. The highest BCUT2D eigenvalue weighted by Crippen LogP contribution is 2.23. The molecule has 2 aromatic rings. The molecule has 0 unspecified atom stereocenters. The lowest BCUT2D eigenvalue weighted by Gasteiger charge is -2.11. The summed E-state index contributed by atoms with van der Waals surface area (Å²) >= 11 is 3.34. The summed E-state index contributed by atoms with van der Waals surface area (Å²) in [5.41, 5.74) is 4.09. The fourth-order valence-corrected chi connectivity index (χ4v) is 2.23. The molecule has 0 aromatic heterocycles. The minimum atomic E-state index is 0.468. The zero-order valence-electron chi connectivity index (χ0n) is 10.9. The van der Waals surface area contributed by atoms with Gasteiger partial charge < -0.3 is 4.74 Å². The SMILES string of the molecule is Cc1ccc(C)c(COc2ccc(Br)cc2C=O)c1. The number of hydrogen-bond donors (Lipinski definition) is 0. The van der Waals surface area contributed by atoms with Gasteiger partial charge in [-0.15, -0.1) is 0 Å². The topological polar surface area (TPSA) is 26.3 Å². The van der Waals surface area contributed by atoms with E-state index in [0.717, 1.165) is 16.3 Å². The average Bonchev–Trinajstić information content (AvgIpc) is 2.40. The fraction of sp³-hybridized carbons (Fsp3) is 0.188. The molecule has 2 aromatic carbocycles. The summed E-state index contributed by atoms with van der Waals surface area (Å²) < 4.78 is 6.62. The van der Waals surface area contributed by atoms with E-state index in [0.29, 0.717) is 17.9 Å². The third-order valence-corrected chi connectivity index (χ3v) is 3.48. The van der Waals surface area contributed by atoms with E-state index in [4.69, 9.17) is 4.74 Å². The molecule has 0 atom stereocenters. The van der Waals surface area contributed by atoms with Crippen molar-refractivity contribution in [2.75, 3.05) is 0 Å².